The third kappa shape index (κ3) is 3.70. The highest BCUT2D eigenvalue weighted by molar-refractivity contribution is 5.92. The number of aryl methyl sites for hydroxylation is 1. The first-order valence-electron chi connectivity index (χ1n) is 6.63. The lowest BCUT2D eigenvalue weighted by Gasteiger charge is -2.18. The Morgan fingerprint density at radius 3 is 2.74 bits per heavy atom. The number of carbonyl (C=O) groups excluding carboxylic acids is 1. The predicted octanol–water partition coefficient (Wildman–Crippen LogP) is 1.40. The van der Waals surface area contributed by atoms with Crippen molar-refractivity contribution in [2.45, 2.75) is 26.2 Å². The van der Waals surface area contributed by atoms with E-state index in [2.05, 4.69) is 24.3 Å². The van der Waals surface area contributed by atoms with E-state index in [1.54, 1.807) is 0 Å². The van der Waals surface area contributed by atoms with Gasteiger partial charge in [-0.25, -0.2) is 0 Å². The van der Waals surface area contributed by atoms with Gasteiger partial charge in [0, 0.05) is 32.4 Å². The minimum atomic E-state index is 0. The highest BCUT2D eigenvalue weighted by atomic mass is 35.5. The molecule has 0 aromatic carbocycles. The largest absolute Gasteiger partial charge is 0.336 e. The average Bonchev–Trinajstić information content (AvgIpc) is 2.56. The van der Waals surface area contributed by atoms with E-state index in [0.717, 1.165) is 38.3 Å². The van der Waals surface area contributed by atoms with Crippen molar-refractivity contribution < 1.29 is 4.79 Å². The summed E-state index contributed by atoms with van der Waals surface area (Å²) >= 11 is 0. The number of halogens is 1. The Balaban J connectivity index is 0.00000180. The number of nitrogens with zero attached hydrogens (tertiary/aromatic N) is 3. The summed E-state index contributed by atoms with van der Waals surface area (Å²) in [6.07, 6.45) is 1.01. The second kappa shape index (κ2) is 6.91. The van der Waals surface area contributed by atoms with Gasteiger partial charge in [0.25, 0.3) is 5.91 Å². The van der Waals surface area contributed by atoms with Crippen LogP contribution in [0.2, 0.25) is 0 Å². The Kier molecular flexibility index (Phi) is 5.82. The first-order valence-corrected chi connectivity index (χ1v) is 6.63. The first kappa shape index (κ1) is 16.0. The van der Waals surface area contributed by atoms with Crippen LogP contribution in [0.1, 0.15) is 42.4 Å². The van der Waals surface area contributed by atoms with Gasteiger partial charge in [0.05, 0.1) is 0 Å². The summed E-state index contributed by atoms with van der Waals surface area (Å²) in [4.78, 5) is 14.3. The van der Waals surface area contributed by atoms with E-state index in [-0.39, 0.29) is 18.3 Å². The quantitative estimate of drug-likeness (QED) is 0.894. The molecule has 1 fully saturated rings. The summed E-state index contributed by atoms with van der Waals surface area (Å²) < 4.78 is 1.81. The summed E-state index contributed by atoms with van der Waals surface area (Å²) in [5.41, 5.74) is 1.68. The van der Waals surface area contributed by atoms with Gasteiger partial charge in [-0.1, -0.05) is 13.8 Å². The molecule has 0 unspecified atom stereocenters. The van der Waals surface area contributed by atoms with E-state index in [4.69, 9.17) is 0 Å². The molecule has 0 saturated carbocycles. The highest BCUT2D eigenvalue weighted by Crippen LogP contribution is 2.16. The Morgan fingerprint density at radius 2 is 2.11 bits per heavy atom. The van der Waals surface area contributed by atoms with Gasteiger partial charge in [-0.2, -0.15) is 5.10 Å². The van der Waals surface area contributed by atoms with Crippen molar-refractivity contribution in [3.63, 3.8) is 0 Å². The van der Waals surface area contributed by atoms with E-state index >= 15 is 0 Å². The van der Waals surface area contributed by atoms with Crippen molar-refractivity contribution in [1.82, 2.24) is 20.0 Å². The normalized spacial score (nSPS) is 16.1. The monoisotopic (exact) mass is 286 g/mol. The van der Waals surface area contributed by atoms with E-state index in [1.807, 2.05) is 22.7 Å². The molecule has 1 aliphatic rings. The van der Waals surface area contributed by atoms with Gasteiger partial charge >= 0.3 is 0 Å². The van der Waals surface area contributed by atoms with E-state index in [1.165, 1.54) is 0 Å². The summed E-state index contributed by atoms with van der Waals surface area (Å²) in [5, 5.41) is 7.64. The van der Waals surface area contributed by atoms with Gasteiger partial charge in [-0.05, 0) is 24.9 Å². The predicted molar refractivity (Wildman–Crippen MR) is 77.9 cm³/mol. The molecule has 1 N–H and O–H groups in total. The maximum Gasteiger partial charge on any atom is 0.274 e. The second-order valence-electron chi connectivity index (χ2n) is 5.13. The molecule has 0 bridgehead atoms. The zero-order chi connectivity index (χ0) is 13.1. The SMILES string of the molecule is CC(C)c1cc(C(=O)N2CCCNCC2)nn1C.Cl. The van der Waals surface area contributed by atoms with E-state index in [0.29, 0.717) is 11.6 Å². The number of amides is 1. The molecular formula is C13H23ClN4O. The van der Waals surface area contributed by atoms with E-state index < -0.39 is 0 Å². The number of aromatic nitrogens is 2. The third-order valence-corrected chi connectivity index (χ3v) is 3.35. The number of hydrogen-bond donors (Lipinski definition) is 1. The van der Waals surface area contributed by atoms with Crippen LogP contribution in [0.25, 0.3) is 0 Å². The van der Waals surface area contributed by atoms with E-state index in [9.17, 15) is 4.79 Å². The molecular weight excluding hydrogens is 264 g/mol. The van der Waals surface area contributed by atoms with Gasteiger partial charge in [0.15, 0.2) is 5.69 Å². The Morgan fingerprint density at radius 1 is 1.37 bits per heavy atom. The van der Waals surface area contributed by atoms with Crippen LogP contribution in [0.15, 0.2) is 6.07 Å². The smallest absolute Gasteiger partial charge is 0.274 e. The molecule has 0 aliphatic carbocycles. The van der Waals surface area contributed by atoms with Crippen molar-refractivity contribution in [2.75, 3.05) is 26.2 Å². The molecule has 2 rings (SSSR count). The molecule has 0 atom stereocenters. The Labute approximate surface area is 120 Å². The van der Waals surface area contributed by atoms with Crippen LogP contribution in [0, 0.1) is 0 Å². The summed E-state index contributed by atoms with van der Waals surface area (Å²) in [7, 11) is 1.90. The van der Waals surface area contributed by atoms with Crippen molar-refractivity contribution in [3.05, 3.63) is 17.5 Å². The van der Waals surface area contributed by atoms with Crippen molar-refractivity contribution in [1.29, 1.82) is 0 Å². The third-order valence-electron chi connectivity index (χ3n) is 3.35. The second-order valence-corrected chi connectivity index (χ2v) is 5.13. The molecule has 1 aromatic rings. The van der Waals surface area contributed by atoms with Crippen LogP contribution in [0.5, 0.6) is 0 Å². The van der Waals surface area contributed by atoms with Crippen LogP contribution >= 0.6 is 12.4 Å². The zero-order valence-electron chi connectivity index (χ0n) is 11.8. The van der Waals surface area contributed by atoms with Gasteiger partial charge in [0.1, 0.15) is 0 Å². The lowest BCUT2D eigenvalue weighted by Crippen LogP contribution is -2.34. The van der Waals surface area contributed by atoms with Gasteiger partial charge < -0.3 is 10.2 Å². The van der Waals surface area contributed by atoms with Crippen molar-refractivity contribution in [2.24, 2.45) is 7.05 Å². The van der Waals surface area contributed by atoms with Crippen LogP contribution in [0.3, 0.4) is 0 Å². The number of rotatable bonds is 2. The molecule has 0 radical (unpaired) electrons. The van der Waals surface area contributed by atoms with Crippen molar-refractivity contribution >= 4 is 18.3 Å². The van der Waals surface area contributed by atoms with Crippen LogP contribution in [-0.4, -0.2) is 46.8 Å². The van der Waals surface area contributed by atoms with Crippen LogP contribution in [-0.2, 0) is 7.05 Å². The molecule has 2 heterocycles. The maximum atomic E-state index is 12.4. The number of hydrogen-bond acceptors (Lipinski definition) is 3. The average molecular weight is 287 g/mol. The minimum Gasteiger partial charge on any atom is -0.336 e. The van der Waals surface area contributed by atoms with Crippen molar-refractivity contribution in [3.8, 4) is 0 Å². The molecule has 19 heavy (non-hydrogen) atoms. The minimum absolute atomic E-state index is 0. The van der Waals surface area contributed by atoms with Crippen LogP contribution < -0.4 is 5.32 Å². The Bertz CT molecular complexity index is 422. The molecule has 1 amide bonds. The zero-order valence-corrected chi connectivity index (χ0v) is 12.7. The molecule has 1 aromatic heterocycles. The topological polar surface area (TPSA) is 50.2 Å². The summed E-state index contributed by atoms with van der Waals surface area (Å²) in [6, 6.07) is 1.92. The molecule has 0 spiro atoms. The fourth-order valence-electron chi connectivity index (χ4n) is 2.34. The van der Waals surface area contributed by atoms with Gasteiger partial charge in [-0.15, -0.1) is 12.4 Å². The molecule has 5 nitrogen and oxygen atoms in total. The summed E-state index contributed by atoms with van der Waals surface area (Å²) in [5.74, 6) is 0.441. The molecule has 108 valence electrons. The molecule has 1 aliphatic heterocycles. The fraction of sp³-hybridized carbons (Fsp3) is 0.692. The highest BCUT2D eigenvalue weighted by Gasteiger charge is 2.21. The molecule has 1 saturated heterocycles. The molecule has 6 heteroatoms. The standard InChI is InChI=1S/C13H22N4O.ClH/c1-10(2)12-9-11(15-16(12)3)13(18)17-7-4-5-14-6-8-17;/h9-10,14H,4-8H2,1-3H3;1H. The first-order chi connectivity index (χ1) is 8.59. The maximum absolute atomic E-state index is 12.4. The number of nitrogens with one attached hydrogen (secondary N) is 1. The lowest BCUT2D eigenvalue weighted by molar-refractivity contribution is 0.0759. The lowest BCUT2D eigenvalue weighted by atomic mass is 10.1. The summed E-state index contributed by atoms with van der Waals surface area (Å²) in [6.45, 7) is 7.67. The number of carbonyl (C=O) groups is 1. The Hall–Kier alpha value is -1.07. The fourth-order valence-corrected chi connectivity index (χ4v) is 2.34. The van der Waals surface area contributed by atoms with Crippen LogP contribution in [0.4, 0.5) is 0 Å². The van der Waals surface area contributed by atoms with Gasteiger partial charge in [-0.3, -0.25) is 9.48 Å². The van der Waals surface area contributed by atoms with Gasteiger partial charge in [0.2, 0.25) is 0 Å².